The predicted molar refractivity (Wildman–Crippen MR) is 65.4 cm³/mol. The van der Waals surface area contributed by atoms with Crippen molar-refractivity contribution in [1.29, 1.82) is 0 Å². The highest BCUT2D eigenvalue weighted by Gasteiger charge is 2.28. The number of ketones is 1. The SMILES string of the molecule is COc1cc(C=C2C(=O)CC(=O)NC2=O)ccc1O. The van der Waals surface area contributed by atoms with Crippen LogP contribution in [0.1, 0.15) is 12.0 Å². The van der Waals surface area contributed by atoms with Gasteiger partial charge >= 0.3 is 0 Å². The van der Waals surface area contributed by atoms with Crippen molar-refractivity contribution in [3.05, 3.63) is 29.3 Å². The number of amides is 2. The van der Waals surface area contributed by atoms with Crippen molar-refractivity contribution < 1.29 is 24.2 Å². The van der Waals surface area contributed by atoms with Crippen molar-refractivity contribution in [3.8, 4) is 11.5 Å². The molecular formula is C13H11NO5. The minimum Gasteiger partial charge on any atom is -0.504 e. The second-order valence-corrected chi connectivity index (χ2v) is 3.97. The van der Waals surface area contributed by atoms with Crippen molar-refractivity contribution in [2.45, 2.75) is 6.42 Å². The molecule has 0 radical (unpaired) electrons. The van der Waals surface area contributed by atoms with Gasteiger partial charge in [0.2, 0.25) is 5.91 Å². The van der Waals surface area contributed by atoms with E-state index >= 15 is 0 Å². The lowest BCUT2D eigenvalue weighted by atomic mass is 10.0. The monoisotopic (exact) mass is 261 g/mol. The molecule has 1 aromatic carbocycles. The first-order valence-corrected chi connectivity index (χ1v) is 5.47. The van der Waals surface area contributed by atoms with Crippen LogP contribution in [0, 0.1) is 0 Å². The molecule has 2 amide bonds. The number of phenols is 1. The highest BCUT2D eigenvalue weighted by atomic mass is 16.5. The number of hydrogen-bond donors (Lipinski definition) is 2. The Morgan fingerprint density at radius 2 is 2.05 bits per heavy atom. The summed E-state index contributed by atoms with van der Waals surface area (Å²) in [6.07, 6.45) is 1.01. The fourth-order valence-electron chi connectivity index (χ4n) is 1.70. The number of hydrogen-bond acceptors (Lipinski definition) is 5. The predicted octanol–water partition coefficient (Wildman–Crippen LogP) is 0.400. The molecule has 2 N–H and O–H groups in total. The molecule has 2 rings (SSSR count). The van der Waals surface area contributed by atoms with Crippen LogP contribution in [0.15, 0.2) is 23.8 Å². The summed E-state index contributed by atoms with van der Waals surface area (Å²) >= 11 is 0. The number of methoxy groups -OCH3 is 1. The summed E-state index contributed by atoms with van der Waals surface area (Å²) in [6, 6.07) is 4.41. The molecule has 1 saturated heterocycles. The van der Waals surface area contributed by atoms with Crippen LogP contribution in [0.5, 0.6) is 11.5 Å². The zero-order valence-electron chi connectivity index (χ0n) is 10.1. The smallest absolute Gasteiger partial charge is 0.261 e. The molecule has 1 heterocycles. The van der Waals surface area contributed by atoms with E-state index in [1.165, 1.54) is 31.4 Å². The van der Waals surface area contributed by atoms with Crippen molar-refractivity contribution >= 4 is 23.7 Å². The Labute approximate surface area is 108 Å². The van der Waals surface area contributed by atoms with E-state index in [-0.39, 0.29) is 23.5 Å². The van der Waals surface area contributed by atoms with Gasteiger partial charge in [0.1, 0.15) is 0 Å². The standard InChI is InChI=1S/C13H11NO5/c1-19-11-5-7(2-3-9(11)15)4-8-10(16)6-12(17)14-13(8)18/h2-5,15H,6H2,1H3,(H,14,17,18). The van der Waals surface area contributed by atoms with Gasteiger partial charge in [-0.25, -0.2) is 0 Å². The number of ether oxygens (including phenoxy) is 1. The Hall–Kier alpha value is -2.63. The van der Waals surface area contributed by atoms with Crippen LogP contribution < -0.4 is 10.1 Å². The molecule has 0 atom stereocenters. The van der Waals surface area contributed by atoms with E-state index in [1.807, 2.05) is 0 Å². The summed E-state index contributed by atoms with van der Waals surface area (Å²) in [5.74, 6) is -1.65. The molecule has 6 heteroatoms. The molecule has 0 aromatic heterocycles. The molecular weight excluding hydrogens is 250 g/mol. The van der Waals surface area contributed by atoms with Crippen LogP contribution in [0.2, 0.25) is 0 Å². The van der Waals surface area contributed by atoms with Gasteiger partial charge in [-0.05, 0) is 23.8 Å². The minimum atomic E-state index is -0.715. The van der Waals surface area contributed by atoms with Gasteiger partial charge in [-0.1, -0.05) is 6.07 Å². The summed E-state index contributed by atoms with van der Waals surface area (Å²) in [7, 11) is 1.39. The van der Waals surface area contributed by atoms with Crippen LogP contribution in [-0.4, -0.2) is 29.8 Å². The summed E-state index contributed by atoms with van der Waals surface area (Å²) < 4.78 is 4.93. The number of Topliss-reactive ketones (excluding diaryl/α,β-unsaturated/α-hetero) is 1. The highest BCUT2D eigenvalue weighted by molar-refractivity contribution is 6.32. The fraction of sp³-hybridized carbons (Fsp3) is 0.154. The summed E-state index contributed by atoms with van der Waals surface area (Å²) in [5, 5.41) is 11.5. The van der Waals surface area contributed by atoms with Crippen LogP contribution in [0.4, 0.5) is 0 Å². The molecule has 6 nitrogen and oxygen atoms in total. The number of rotatable bonds is 2. The zero-order chi connectivity index (χ0) is 14.0. The first-order chi connectivity index (χ1) is 9.01. The van der Waals surface area contributed by atoms with Gasteiger partial charge in [0.15, 0.2) is 17.3 Å². The van der Waals surface area contributed by atoms with Crippen LogP contribution in [-0.2, 0) is 14.4 Å². The number of carbonyl (C=O) groups is 3. The van der Waals surface area contributed by atoms with Gasteiger partial charge < -0.3 is 9.84 Å². The largest absolute Gasteiger partial charge is 0.504 e. The van der Waals surface area contributed by atoms with Crippen LogP contribution in [0.25, 0.3) is 6.08 Å². The van der Waals surface area contributed by atoms with Crippen molar-refractivity contribution in [2.24, 2.45) is 0 Å². The molecule has 1 aliphatic heterocycles. The van der Waals surface area contributed by atoms with Crippen molar-refractivity contribution in [2.75, 3.05) is 7.11 Å². The Morgan fingerprint density at radius 3 is 2.68 bits per heavy atom. The third-order valence-corrected chi connectivity index (χ3v) is 2.63. The van der Waals surface area contributed by atoms with Gasteiger partial charge in [-0.15, -0.1) is 0 Å². The quantitative estimate of drug-likeness (QED) is 0.348. The average Bonchev–Trinajstić information content (AvgIpc) is 2.35. The Bertz CT molecular complexity index is 581. The fourth-order valence-corrected chi connectivity index (χ4v) is 1.70. The van der Waals surface area contributed by atoms with E-state index in [1.54, 1.807) is 0 Å². The normalized spacial score (nSPS) is 17.5. The average molecular weight is 261 g/mol. The Kier molecular flexibility index (Phi) is 3.33. The lowest BCUT2D eigenvalue weighted by molar-refractivity contribution is -0.134. The van der Waals surface area contributed by atoms with Gasteiger partial charge in [0.25, 0.3) is 5.91 Å². The Morgan fingerprint density at radius 1 is 1.32 bits per heavy atom. The van der Waals surface area contributed by atoms with E-state index in [2.05, 4.69) is 5.32 Å². The maximum Gasteiger partial charge on any atom is 0.261 e. The lowest BCUT2D eigenvalue weighted by Gasteiger charge is -2.12. The summed E-state index contributed by atoms with van der Waals surface area (Å²) in [6.45, 7) is 0. The topological polar surface area (TPSA) is 92.7 Å². The number of piperidine rings is 1. The van der Waals surface area contributed by atoms with Crippen LogP contribution in [0.3, 0.4) is 0 Å². The maximum absolute atomic E-state index is 11.6. The summed E-state index contributed by atoms with van der Waals surface area (Å²) in [5.41, 5.74) is 0.426. The van der Waals surface area contributed by atoms with E-state index < -0.39 is 17.6 Å². The molecule has 98 valence electrons. The Balaban J connectivity index is 2.37. The molecule has 0 unspecified atom stereocenters. The third-order valence-electron chi connectivity index (χ3n) is 2.63. The number of carbonyl (C=O) groups excluding carboxylic acids is 3. The first-order valence-electron chi connectivity index (χ1n) is 5.47. The third kappa shape index (κ3) is 2.62. The summed E-state index contributed by atoms with van der Waals surface area (Å²) in [4.78, 5) is 34.1. The van der Waals surface area contributed by atoms with Gasteiger partial charge in [0.05, 0.1) is 19.1 Å². The molecule has 0 spiro atoms. The van der Waals surface area contributed by atoms with Gasteiger partial charge in [-0.2, -0.15) is 0 Å². The van der Waals surface area contributed by atoms with Crippen molar-refractivity contribution in [3.63, 3.8) is 0 Å². The van der Waals surface area contributed by atoms with Crippen LogP contribution >= 0.6 is 0 Å². The zero-order valence-corrected chi connectivity index (χ0v) is 10.1. The maximum atomic E-state index is 11.6. The molecule has 1 aliphatic rings. The minimum absolute atomic E-state index is 0.0424. The number of imide groups is 1. The highest BCUT2D eigenvalue weighted by Crippen LogP contribution is 2.27. The van der Waals surface area contributed by atoms with E-state index in [9.17, 15) is 19.5 Å². The number of nitrogens with one attached hydrogen (secondary N) is 1. The molecule has 0 bridgehead atoms. The van der Waals surface area contributed by atoms with Gasteiger partial charge in [0, 0.05) is 0 Å². The molecule has 1 fully saturated rings. The van der Waals surface area contributed by atoms with E-state index in [0.717, 1.165) is 0 Å². The van der Waals surface area contributed by atoms with E-state index in [0.29, 0.717) is 5.56 Å². The van der Waals surface area contributed by atoms with E-state index in [4.69, 9.17) is 4.74 Å². The molecule has 0 aliphatic carbocycles. The second kappa shape index (κ2) is 4.93. The molecule has 1 aromatic rings. The second-order valence-electron chi connectivity index (χ2n) is 3.97. The number of benzene rings is 1. The molecule has 0 saturated carbocycles. The van der Waals surface area contributed by atoms with Gasteiger partial charge in [-0.3, -0.25) is 19.7 Å². The first kappa shape index (κ1) is 12.8. The number of phenolic OH excluding ortho intramolecular Hbond substituents is 1. The van der Waals surface area contributed by atoms with Crippen molar-refractivity contribution in [1.82, 2.24) is 5.32 Å². The lowest BCUT2D eigenvalue weighted by Crippen LogP contribution is -2.40. The molecule has 19 heavy (non-hydrogen) atoms. The number of aromatic hydroxyl groups is 1.